The first-order valence-electron chi connectivity index (χ1n) is 10.7. The van der Waals surface area contributed by atoms with Crippen molar-refractivity contribution in [3.05, 3.63) is 92.7 Å². The number of benzene rings is 2. The molecule has 0 saturated carbocycles. The van der Waals surface area contributed by atoms with Crippen LogP contribution in [0.15, 0.2) is 69.8 Å². The molecule has 0 radical (unpaired) electrons. The molecule has 3 aromatic rings. The molecular weight excluding hydrogens is 441 g/mol. The molecule has 2 aromatic carbocycles. The summed E-state index contributed by atoms with van der Waals surface area (Å²) in [6, 6.07) is 13.9. The van der Waals surface area contributed by atoms with E-state index in [9.17, 15) is 14.0 Å². The van der Waals surface area contributed by atoms with Gasteiger partial charge in [-0.05, 0) is 42.2 Å². The fraction of sp³-hybridized carbons (Fsp3) is 0.240. The van der Waals surface area contributed by atoms with E-state index in [-0.39, 0.29) is 17.2 Å². The first-order chi connectivity index (χ1) is 16.0. The van der Waals surface area contributed by atoms with Crippen LogP contribution in [-0.2, 0) is 10.5 Å². The summed E-state index contributed by atoms with van der Waals surface area (Å²) in [5, 5.41) is 3.66. The number of anilines is 1. The maximum atomic E-state index is 14.0. The third-order valence-electron chi connectivity index (χ3n) is 6.01. The van der Waals surface area contributed by atoms with Crippen molar-refractivity contribution in [2.45, 2.75) is 36.1 Å². The van der Waals surface area contributed by atoms with E-state index < -0.39 is 5.92 Å². The zero-order valence-electron chi connectivity index (χ0n) is 18.0. The Balaban J connectivity index is 1.56. The Hall–Kier alpha value is -3.39. The molecule has 0 fully saturated rings. The van der Waals surface area contributed by atoms with E-state index >= 15 is 0 Å². The van der Waals surface area contributed by atoms with E-state index in [4.69, 9.17) is 4.74 Å². The third kappa shape index (κ3) is 4.06. The van der Waals surface area contributed by atoms with Gasteiger partial charge < -0.3 is 15.0 Å². The second kappa shape index (κ2) is 8.86. The molecule has 0 bridgehead atoms. The summed E-state index contributed by atoms with van der Waals surface area (Å²) in [4.78, 5) is 33.7. The number of aromatic amines is 1. The van der Waals surface area contributed by atoms with Crippen LogP contribution in [0.25, 0.3) is 0 Å². The third-order valence-corrected chi connectivity index (χ3v) is 6.93. The molecule has 0 saturated heterocycles. The predicted molar refractivity (Wildman–Crippen MR) is 125 cm³/mol. The molecule has 1 aliphatic carbocycles. The van der Waals surface area contributed by atoms with Crippen molar-refractivity contribution in [2.75, 3.05) is 12.4 Å². The lowest BCUT2D eigenvalue weighted by atomic mass is 9.76. The number of carbonyl (C=O) groups excluding carboxylic acids is 1. The largest absolute Gasteiger partial charge is 0.497 e. The smallest absolute Gasteiger partial charge is 0.257 e. The van der Waals surface area contributed by atoms with Gasteiger partial charge in [-0.1, -0.05) is 42.1 Å². The number of nitrogens with one attached hydrogen (secondary N) is 2. The van der Waals surface area contributed by atoms with Crippen LogP contribution in [0.4, 0.5) is 10.2 Å². The van der Waals surface area contributed by atoms with E-state index in [1.807, 2.05) is 24.3 Å². The van der Waals surface area contributed by atoms with Crippen molar-refractivity contribution in [2.24, 2.45) is 0 Å². The van der Waals surface area contributed by atoms with Crippen LogP contribution in [0.1, 0.15) is 41.9 Å². The van der Waals surface area contributed by atoms with Crippen molar-refractivity contribution < 1.29 is 13.9 Å². The summed E-state index contributed by atoms with van der Waals surface area (Å²) in [7, 11) is 1.59. The molecule has 1 atom stereocenters. The minimum atomic E-state index is -0.503. The SMILES string of the molecule is COc1ccc([C@H]2C3=C(CCCC3=O)Nc3nc(SCc4ccccc4F)[nH]c(=O)c32)cc1. The maximum absolute atomic E-state index is 14.0. The lowest BCUT2D eigenvalue weighted by molar-refractivity contribution is -0.116. The number of ketones is 1. The van der Waals surface area contributed by atoms with Crippen molar-refractivity contribution in [1.29, 1.82) is 0 Å². The Morgan fingerprint density at radius 1 is 1.12 bits per heavy atom. The number of allylic oxidation sites excluding steroid dienone is 2. The van der Waals surface area contributed by atoms with Gasteiger partial charge in [0.1, 0.15) is 17.4 Å². The molecule has 2 N–H and O–H groups in total. The lowest BCUT2D eigenvalue weighted by Gasteiger charge is -2.32. The number of hydrogen-bond donors (Lipinski definition) is 2. The van der Waals surface area contributed by atoms with Gasteiger partial charge in [-0.2, -0.15) is 0 Å². The fourth-order valence-corrected chi connectivity index (χ4v) is 5.25. The average molecular weight is 464 g/mol. The number of Topliss-reactive ketones (excluding diaryl/α,β-unsaturated/α-hetero) is 1. The second-order valence-corrected chi connectivity index (χ2v) is 8.98. The van der Waals surface area contributed by atoms with Gasteiger partial charge in [-0.3, -0.25) is 9.59 Å². The second-order valence-electron chi connectivity index (χ2n) is 8.01. The quantitative estimate of drug-likeness (QED) is 0.419. The average Bonchev–Trinajstić information content (AvgIpc) is 2.82. The number of carbonyl (C=O) groups is 1. The highest BCUT2D eigenvalue weighted by molar-refractivity contribution is 7.98. The minimum absolute atomic E-state index is 0.0487. The van der Waals surface area contributed by atoms with Gasteiger partial charge in [-0.25, -0.2) is 9.37 Å². The van der Waals surface area contributed by atoms with Gasteiger partial charge in [0.25, 0.3) is 5.56 Å². The Morgan fingerprint density at radius 3 is 2.67 bits per heavy atom. The minimum Gasteiger partial charge on any atom is -0.497 e. The standard InChI is InChI=1S/C25H22FN3O3S/c1-32-16-11-9-14(10-12-16)20-21-18(7-4-8-19(21)30)27-23-22(20)24(31)29-25(28-23)33-13-15-5-2-3-6-17(15)26/h2-3,5-6,9-12,20H,4,7-8,13H2,1H3,(H2,27,28,29,31)/t20-/m0/s1. The maximum Gasteiger partial charge on any atom is 0.257 e. The number of halogens is 1. The van der Waals surface area contributed by atoms with Crippen LogP contribution in [0, 0.1) is 5.82 Å². The number of rotatable bonds is 5. The Morgan fingerprint density at radius 2 is 1.91 bits per heavy atom. The van der Waals surface area contributed by atoms with E-state index in [1.165, 1.54) is 17.8 Å². The van der Waals surface area contributed by atoms with Crippen LogP contribution in [0.3, 0.4) is 0 Å². The van der Waals surface area contributed by atoms with Crippen LogP contribution in [0.5, 0.6) is 5.75 Å². The molecule has 6 nitrogen and oxygen atoms in total. The fourth-order valence-electron chi connectivity index (χ4n) is 4.40. The highest BCUT2D eigenvalue weighted by Gasteiger charge is 2.37. The van der Waals surface area contributed by atoms with Crippen molar-refractivity contribution in [3.8, 4) is 5.75 Å². The molecule has 2 heterocycles. The van der Waals surface area contributed by atoms with Crippen LogP contribution in [0.2, 0.25) is 0 Å². The summed E-state index contributed by atoms with van der Waals surface area (Å²) in [6.45, 7) is 0. The number of H-pyrrole nitrogens is 1. The summed E-state index contributed by atoms with van der Waals surface area (Å²) < 4.78 is 19.3. The zero-order valence-corrected chi connectivity index (χ0v) is 18.8. The molecule has 1 aliphatic heterocycles. The first kappa shape index (κ1) is 21.5. The lowest BCUT2D eigenvalue weighted by Crippen LogP contribution is -2.32. The monoisotopic (exact) mass is 463 g/mol. The molecule has 1 aromatic heterocycles. The zero-order chi connectivity index (χ0) is 22.9. The van der Waals surface area contributed by atoms with Crippen LogP contribution >= 0.6 is 11.8 Å². The summed E-state index contributed by atoms with van der Waals surface area (Å²) in [6.07, 6.45) is 1.94. The molecule has 0 amide bonds. The molecule has 0 spiro atoms. The van der Waals surface area contributed by atoms with Crippen LogP contribution in [-0.4, -0.2) is 22.9 Å². The number of fused-ring (bicyclic) bond motifs is 1. The number of ether oxygens (including phenoxy) is 1. The number of nitrogens with zero attached hydrogens (tertiary/aromatic N) is 1. The number of thioether (sulfide) groups is 1. The summed E-state index contributed by atoms with van der Waals surface area (Å²) >= 11 is 1.26. The first-order valence-corrected chi connectivity index (χ1v) is 11.7. The van der Waals surface area contributed by atoms with Gasteiger partial charge >= 0.3 is 0 Å². The van der Waals surface area contributed by atoms with E-state index in [1.54, 1.807) is 25.3 Å². The van der Waals surface area contributed by atoms with Gasteiger partial charge in [0.15, 0.2) is 10.9 Å². The number of hydrogen-bond acceptors (Lipinski definition) is 6. The number of aromatic nitrogens is 2. The van der Waals surface area contributed by atoms with E-state index in [0.717, 1.165) is 24.1 Å². The van der Waals surface area contributed by atoms with E-state index in [0.29, 0.717) is 45.6 Å². The van der Waals surface area contributed by atoms with Crippen molar-refractivity contribution in [3.63, 3.8) is 0 Å². The Bertz CT molecular complexity index is 1320. The van der Waals surface area contributed by atoms with Crippen molar-refractivity contribution in [1.82, 2.24) is 9.97 Å². The van der Waals surface area contributed by atoms with Crippen molar-refractivity contribution >= 4 is 23.4 Å². The van der Waals surface area contributed by atoms with Gasteiger partial charge in [0, 0.05) is 29.4 Å². The molecule has 33 heavy (non-hydrogen) atoms. The molecule has 2 aliphatic rings. The predicted octanol–water partition coefficient (Wildman–Crippen LogP) is 4.77. The Labute approximate surface area is 194 Å². The van der Waals surface area contributed by atoms with Crippen LogP contribution < -0.4 is 15.6 Å². The van der Waals surface area contributed by atoms with Gasteiger partial charge in [0.05, 0.1) is 12.7 Å². The molecule has 5 rings (SSSR count). The number of methoxy groups -OCH3 is 1. The summed E-state index contributed by atoms with van der Waals surface area (Å²) in [5.41, 5.74) is 2.94. The Kier molecular flexibility index (Phi) is 5.76. The topological polar surface area (TPSA) is 84.1 Å². The highest BCUT2D eigenvalue weighted by atomic mass is 32.2. The van der Waals surface area contributed by atoms with E-state index in [2.05, 4.69) is 15.3 Å². The molecular formula is C25H22FN3O3S. The molecule has 8 heteroatoms. The van der Waals surface area contributed by atoms with Gasteiger partial charge in [-0.15, -0.1) is 0 Å². The summed E-state index contributed by atoms with van der Waals surface area (Å²) in [5.74, 6) is 0.735. The van der Waals surface area contributed by atoms with Gasteiger partial charge in [0.2, 0.25) is 0 Å². The highest BCUT2D eigenvalue weighted by Crippen LogP contribution is 2.43. The molecule has 0 unspecified atom stereocenters. The molecule has 168 valence electrons. The normalized spacial score (nSPS) is 17.3.